The van der Waals surface area contributed by atoms with Crippen molar-refractivity contribution in [2.24, 2.45) is 0 Å². The number of hydrogen-bond donors (Lipinski definition) is 3. The quantitative estimate of drug-likeness (QED) is 0.677. The van der Waals surface area contributed by atoms with Crippen molar-refractivity contribution in [2.45, 2.75) is 12.5 Å². The van der Waals surface area contributed by atoms with Crippen LogP contribution in [0, 0.1) is 17.5 Å². The molecular formula is C14H17ClF3N3O3. The Labute approximate surface area is 142 Å². The van der Waals surface area contributed by atoms with Crippen LogP contribution in [0.25, 0.3) is 0 Å². The molecule has 0 saturated carbocycles. The van der Waals surface area contributed by atoms with Crippen molar-refractivity contribution < 1.29 is 27.5 Å². The van der Waals surface area contributed by atoms with Crippen LogP contribution in [0.2, 0.25) is 0 Å². The molecule has 1 aromatic rings. The molecule has 0 radical (unpaired) electrons. The van der Waals surface area contributed by atoms with Crippen molar-refractivity contribution in [3.63, 3.8) is 0 Å². The molecule has 0 spiro atoms. The van der Waals surface area contributed by atoms with Crippen molar-refractivity contribution in [2.75, 3.05) is 31.6 Å². The molecule has 1 saturated heterocycles. The summed E-state index contributed by atoms with van der Waals surface area (Å²) in [7, 11) is 0. The summed E-state index contributed by atoms with van der Waals surface area (Å²) in [5.41, 5.74) is -0.495. The maximum atomic E-state index is 13.4. The number of nitrogens with one attached hydrogen (secondary N) is 3. The standard InChI is InChI=1S/C14H16F3N3O3.ClH/c15-9-1-2-10(14(17)13(9)16)20-12(22)6-19-11(21)5-8-7-23-4-3-18-8;/h1-2,8,18H,3-7H2,(H,19,21)(H,20,22);1H. The van der Waals surface area contributed by atoms with Gasteiger partial charge in [-0.15, -0.1) is 12.4 Å². The van der Waals surface area contributed by atoms with Crippen LogP contribution in [0.5, 0.6) is 0 Å². The Morgan fingerprint density at radius 1 is 1.21 bits per heavy atom. The molecule has 1 atom stereocenters. The number of halogens is 4. The van der Waals surface area contributed by atoms with Crippen LogP contribution >= 0.6 is 12.4 Å². The number of amides is 2. The van der Waals surface area contributed by atoms with Gasteiger partial charge in [-0.1, -0.05) is 0 Å². The zero-order valence-electron chi connectivity index (χ0n) is 12.5. The lowest BCUT2D eigenvalue weighted by Gasteiger charge is -2.23. The number of ether oxygens (including phenoxy) is 1. The van der Waals surface area contributed by atoms with E-state index in [1.165, 1.54) is 0 Å². The maximum absolute atomic E-state index is 13.4. The van der Waals surface area contributed by atoms with Gasteiger partial charge in [0.25, 0.3) is 0 Å². The van der Waals surface area contributed by atoms with E-state index in [2.05, 4.69) is 16.0 Å². The summed E-state index contributed by atoms with van der Waals surface area (Å²) in [4.78, 5) is 23.3. The summed E-state index contributed by atoms with van der Waals surface area (Å²) in [6, 6.07) is 1.47. The highest BCUT2D eigenvalue weighted by molar-refractivity contribution is 5.94. The summed E-state index contributed by atoms with van der Waals surface area (Å²) >= 11 is 0. The lowest BCUT2D eigenvalue weighted by Crippen LogP contribution is -2.45. The largest absolute Gasteiger partial charge is 0.378 e. The van der Waals surface area contributed by atoms with Gasteiger partial charge in [0, 0.05) is 19.0 Å². The molecule has 6 nitrogen and oxygen atoms in total. The van der Waals surface area contributed by atoms with Crippen molar-refractivity contribution in [1.29, 1.82) is 0 Å². The number of hydrogen-bond acceptors (Lipinski definition) is 4. The number of carbonyl (C=O) groups excluding carboxylic acids is 2. The van der Waals surface area contributed by atoms with Gasteiger partial charge in [-0.2, -0.15) is 0 Å². The molecular weight excluding hydrogens is 351 g/mol. The smallest absolute Gasteiger partial charge is 0.243 e. The lowest BCUT2D eigenvalue weighted by atomic mass is 10.2. The molecule has 3 N–H and O–H groups in total. The second kappa shape index (κ2) is 9.45. The fourth-order valence-corrected chi connectivity index (χ4v) is 2.04. The predicted molar refractivity (Wildman–Crippen MR) is 82.4 cm³/mol. The molecule has 0 aromatic heterocycles. The number of carbonyl (C=O) groups is 2. The Morgan fingerprint density at radius 3 is 2.62 bits per heavy atom. The summed E-state index contributed by atoms with van der Waals surface area (Å²) in [5, 5.41) is 7.50. The molecule has 1 aromatic carbocycles. The molecule has 1 unspecified atom stereocenters. The van der Waals surface area contributed by atoms with Crippen molar-refractivity contribution in [3.8, 4) is 0 Å². The SMILES string of the molecule is Cl.O=C(CC1COCCN1)NCC(=O)Nc1ccc(F)c(F)c1F. The fraction of sp³-hybridized carbons (Fsp3) is 0.429. The van der Waals surface area contributed by atoms with Crippen LogP contribution in [0.4, 0.5) is 18.9 Å². The Morgan fingerprint density at radius 2 is 1.96 bits per heavy atom. The minimum Gasteiger partial charge on any atom is -0.378 e. The lowest BCUT2D eigenvalue weighted by molar-refractivity contribution is -0.125. The van der Waals surface area contributed by atoms with Gasteiger partial charge in [0.05, 0.1) is 25.4 Å². The number of rotatable bonds is 5. The van der Waals surface area contributed by atoms with E-state index in [4.69, 9.17) is 4.74 Å². The fourth-order valence-electron chi connectivity index (χ4n) is 2.04. The van der Waals surface area contributed by atoms with Crippen LogP contribution in [0.3, 0.4) is 0 Å². The van der Waals surface area contributed by atoms with E-state index < -0.39 is 35.6 Å². The summed E-state index contributed by atoms with van der Waals surface area (Å²) < 4.78 is 44.4. The predicted octanol–water partition coefficient (Wildman–Crippen LogP) is 0.959. The third kappa shape index (κ3) is 5.66. The van der Waals surface area contributed by atoms with Crippen LogP contribution in [-0.2, 0) is 14.3 Å². The topological polar surface area (TPSA) is 79.5 Å². The maximum Gasteiger partial charge on any atom is 0.243 e. The number of benzene rings is 1. The molecule has 134 valence electrons. The van der Waals surface area contributed by atoms with Gasteiger partial charge in [-0.05, 0) is 12.1 Å². The van der Waals surface area contributed by atoms with Crippen LogP contribution < -0.4 is 16.0 Å². The van der Waals surface area contributed by atoms with Crippen molar-refractivity contribution >= 4 is 29.9 Å². The highest BCUT2D eigenvalue weighted by Gasteiger charge is 2.18. The second-order valence-electron chi connectivity index (χ2n) is 4.98. The Bertz CT molecular complexity index is 598. The number of anilines is 1. The van der Waals surface area contributed by atoms with Gasteiger partial charge < -0.3 is 20.7 Å². The average Bonchev–Trinajstić information content (AvgIpc) is 2.54. The van der Waals surface area contributed by atoms with Crippen molar-refractivity contribution in [1.82, 2.24) is 10.6 Å². The van der Waals surface area contributed by atoms with E-state index >= 15 is 0 Å². The highest BCUT2D eigenvalue weighted by atomic mass is 35.5. The zero-order valence-corrected chi connectivity index (χ0v) is 13.4. The van der Waals surface area contributed by atoms with E-state index in [-0.39, 0.29) is 30.8 Å². The van der Waals surface area contributed by atoms with Crippen LogP contribution in [0.1, 0.15) is 6.42 Å². The molecule has 10 heteroatoms. The van der Waals surface area contributed by atoms with Gasteiger partial charge in [0.1, 0.15) is 0 Å². The van der Waals surface area contributed by atoms with E-state index in [1.54, 1.807) is 0 Å². The van der Waals surface area contributed by atoms with Gasteiger partial charge in [-0.3, -0.25) is 9.59 Å². The van der Waals surface area contributed by atoms with Gasteiger partial charge in [0.2, 0.25) is 11.8 Å². The second-order valence-corrected chi connectivity index (χ2v) is 4.98. The summed E-state index contributed by atoms with van der Waals surface area (Å²) in [6.45, 7) is 1.22. The molecule has 1 heterocycles. The Kier molecular flexibility index (Phi) is 7.96. The van der Waals surface area contributed by atoms with Crippen LogP contribution in [0.15, 0.2) is 12.1 Å². The molecule has 1 fully saturated rings. The molecule has 2 amide bonds. The first-order valence-electron chi connectivity index (χ1n) is 6.98. The highest BCUT2D eigenvalue weighted by Crippen LogP contribution is 2.19. The Hall–Kier alpha value is -1.84. The minimum absolute atomic E-state index is 0. The monoisotopic (exact) mass is 367 g/mol. The van der Waals surface area contributed by atoms with Gasteiger partial charge in [-0.25, -0.2) is 13.2 Å². The number of morpholine rings is 1. The van der Waals surface area contributed by atoms with Crippen LogP contribution in [-0.4, -0.2) is 44.2 Å². The average molecular weight is 368 g/mol. The third-order valence-electron chi connectivity index (χ3n) is 3.19. The Balaban J connectivity index is 0.00000288. The minimum atomic E-state index is -1.67. The van der Waals surface area contributed by atoms with E-state index in [9.17, 15) is 22.8 Å². The molecule has 24 heavy (non-hydrogen) atoms. The third-order valence-corrected chi connectivity index (χ3v) is 3.19. The molecule has 1 aliphatic heterocycles. The molecule has 2 rings (SSSR count). The first-order chi connectivity index (χ1) is 11.0. The zero-order chi connectivity index (χ0) is 16.8. The first kappa shape index (κ1) is 20.2. The van der Waals surface area contributed by atoms with E-state index in [0.29, 0.717) is 25.8 Å². The normalized spacial score (nSPS) is 16.9. The van der Waals surface area contributed by atoms with E-state index in [1.807, 2.05) is 0 Å². The van der Waals surface area contributed by atoms with Gasteiger partial charge >= 0.3 is 0 Å². The molecule has 1 aliphatic rings. The van der Waals surface area contributed by atoms with E-state index in [0.717, 1.165) is 6.07 Å². The van der Waals surface area contributed by atoms with Crippen molar-refractivity contribution in [3.05, 3.63) is 29.6 Å². The molecule has 0 bridgehead atoms. The first-order valence-corrected chi connectivity index (χ1v) is 6.98. The molecule has 0 aliphatic carbocycles. The van der Waals surface area contributed by atoms with Gasteiger partial charge in [0.15, 0.2) is 17.5 Å². The summed E-state index contributed by atoms with van der Waals surface area (Å²) in [6.07, 6.45) is 0.132. The summed E-state index contributed by atoms with van der Waals surface area (Å²) in [5.74, 6) is -5.65.